The fourth-order valence-corrected chi connectivity index (χ4v) is 2.77. The topological polar surface area (TPSA) is 80.9 Å². The molecule has 1 N–H and O–H groups in total. The number of carboxylic acid groups (broad SMARTS) is 1. The minimum absolute atomic E-state index is 0.0430. The van der Waals surface area contributed by atoms with Crippen molar-refractivity contribution in [1.82, 2.24) is 20.0 Å². The van der Waals surface area contributed by atoms with Gasteiger partial charge < -0.3 is 5.11 Å². The Labute approximate surface area is 147 Å². The van der Waals surface area contributed by atoms with Gasteiger partial charge in [-0.15, -0.1) is 5.10 Å². The van der Waals surface area contributed by atoms with E-state index in [9.17, 15) is 9.90 Å². The highest BCUT2D eigenvalue weighted by atomic mass is 35.5. The van der Waals surface area contributed by atoms with Crippen molar-refractivity contribution in [3.63, 3.8) is 0 Å². The van der Waals surface area contributed by atoms with E-state index in [0.717, 1.165) is 5.56 Å². The zero-order valence-electron chi connectivity index (χ0n) is 12.8. The average molecular weight is 351 g/mol. The Morgan fingerprint density at radius 2 is 1.84 bits per heavy atom. The molecule has 2 aromatic carbocycles. The lowest BCUT2D eigenvalue weighted by Crippen LogP contribution is -2.09. The average Bonchev–Trinajstić information content (AvgIpc) is 3.04. The van der Waals surface area contributed by atoms with Crippen molar-refractivity contribution in [1.29, 1.82) is 0 Å². The molecule has 122 valence electrons. The number of carboxylic acids is 1. The van der Waals surface area contributed by atoms with Crippen molar-refractivity contribution in [2.45, 2.75) is 0 Å². The number of aromatic carboxylic acids is 1. The summed E-state index contributed by atoms with van der Waals surface area (Å²) in [7, 11) is 0. The zero-order chi connectivity index (χ0) is 17.4. The summed E-state index contributed by atoms with van der Waals surface area (Å²) in [5.41, 5.74) is 2.77. The Bertz CT molecular complexity index is 1090. The Hall–Kier alpha value is -3.25. The maximum atomic E-state index is 11.6. The van der Waals surface area contributed by atoms with Crippen molar-refractivity contribution in [2.75, 3.05) is 0 Å². The molecule has 0 spiro atoms. The first-order chi connectivity index (χ1) is 12.1. The minimum atomic E-state index is -1.08. The van der Waals surface area contributed by atoms with Crippen LogP contribution in [0.1, 0.15) is 10.4 Å². The van der Waals surface area contributed by atoms with Gasteiger partial charge in [0.05, 0.1) is 11.2 Å². The molecule has 0 saturated heterocycles. The number of benzene rings is 2. The zero-order valence-corrected chi connectivity index (χ0v) is 13.6. The molecular formula is C18H11ClN4O2. The van der Waals surface area contributed by atoms with Gasteiger partial charge in [-0.05, 0) is 30.3 Å². The van der Waals surface area contributed by atoms with Crippen molar-refractivity contribution in [3.05, 3.63) is 71.2 Å². The third kappa shape index (κ3) is 2.72. The van der Waals surface area contributed by atoms with E-state index >= 15 is 0 Å². The fraction of sp³-hybridized carbons (Fsp3) is 0. The SMILES string of the molecule is O=C(O)c1ccc(-c2ccccc2)nc1-n1nnc2cc(Cl)ccc21. The lowest BCUT2D eigenvalue weighted by molar-refractivity contribution is 0.0696. The highest BCUT2D eigenvalue weighted by Gasteiger charge is 2.18. The normalized spacial score (nSPS) is 10.9. The monoisotopic (exact) mass is 350 g/mol. The van der Waals surface area contributed by atoms with Gasteiger partial charge >= 0.3 is 5.97 Å². The molecule has 0 amide bonds. The van der Waals surface area contributed by atoms with Gasteiger partial charge in [-0.1, -0.05) is 47.1 Å². The van der Waals surface area contributed by atoms with Gasteiger partial charge in [0, 0.05) is 10.6 Å². The number of pyridine rings is 1. The molecule has 0 saturated carbocycles. The molecule has 0 fully saturated rings. The summed E-state index contributed by atoms with van der Waals surface area (Å²) in [6.45, 7) is 0. The van der Waals surface area contributed by atoms with Crippen molar-refractivity contribution in [3.8, 4) is 17.1 Å². The Balaban J connectivity index is 1.96. The smallest absolute Gasteiger partial charge is 0.339 e. The number of hydrogen-bond donors (Lipinski definition) is 1. The van der Waals surface area contributed by atoms with E-state index in [1.54, 1.807) is 24.3 Å². The third-order valence-electron chi connectivity index (χ3n) is 3.78. The largest absolute Gasteiger partial charge is 0.478 e. The predicted molar refractivity (Wildman–Crippen MR) is 94.1 cm³/mol. The van der Waals surface area contributed by atoms with Crippen LogP contribution in [0.4, 0.5) is 0 Å². The molecule has 25 heavy (non-hydrogen) atoms. The molecule has 0 aliphatic heterocycles. The summed E-state index contributed by atoms with van der Waals surface area (Å²) < 4.78 is 1.42. The lowest BCUT2D eigenvalue weighted by Gasteiger charge is -2.09. The Morgan fingerprint density at radius 3 is 2.60 bits per heavy atom. The summed E-state index contributed by atoms with van der Waals surface area (Å²) in [6.07, 6.45) is 0. The van der Waals surface area contributed by atoms with Crippen LogP contribution in [0.15, 0.2) is 60.7 Å². The van der Waals surface area contributed by atoms with Crippen molar-refractivity contribution in [2.24, 2.45) is 0 Å². The maximum Gasteiger partial charge on any atom is 0.339 e. The standard InChI is InChI=1S/C18H11ClN4O2/c19-12-6-9-16-15(10-12)21-22-23(16)17-13(18(24)25)7-8-14(20-17)11-4-2-1-3-5-11/h1-10H,(H,24,25). The van der Waals surface area contributed by atoms with E-state index in [1.807, 2.05) is 30.3 Å². The van der Waals surface area contributed by atoms with Gasteiger partial charge in [-0.3, -0.25) is 0 Å². The molecule has 0 atom stereocenters. The van der Waals surface area contributed by atoms with E-state index in [2.05, 4.69) is 15.3 Å². The van der Waals surface area contributed by atoms with Crippen LogP contribution in [0.3, 0.4) is 0 Å². The molecule has 2 aromatic heterocycles. The van der Waals surface area contributed by atoms with E-state index < -0.39 is 5.97 Å². The van der Waals surface area contributed by atoms with Crippen LogP contribution >= 0.6 is 11.6 Å². The van der Waals surface area contributed by atoms with E-state index in [4.69, 9.17) is 11.6 Å². The molecule has 0 unspecified atom stereocenters. The summed E-state index contributed by atoms with van der Waals surface area (Å²) in [5, 5.41) is 18.2. The number of halogens is 1. The number of fused-ring (bicyclic) bond motifs is 1. The van der Waals surface area contributed by atoms with Crippen LogP contribution in [-0.2, 0) is 0 Å². The molecule has 4 rings (SSSR count). The van der Waals surface area contributed by atoms with Crippen LogP contribution in [0.5, 0.6) is 0 Å². The molecule has 7 heteroatoms. The van der Waals surface area contributed by atoms with Gasteiger partial charge in [-0.25, -0.2) is 9.78 Å². The summed E-state index contributed by atoms with van der Waals surface area (Å²) in [6, 6.07) is 17.8. The minimum Gasteiger partial charge on any atom is -0.478 e. The van der Waals surface area contributed by atoms with Crippen LogP contribution in [0.2, 0.25) is 5.02 Å². The molecule has 6 nitrogen and oxygen atoms in total. The first-order valence-corrected chi connectivity index (χ1v) is 7.82. The maximum absolute atomic E-state index is 11.6. The quantitative estimate of drug-likeness (QED) is 0.607. The van der Waals surface area contributed by atoms with E-state index in [0.29, 0.717) is 21.7 Å². The first-order valence-electron chi connectivity index (χ1n) is 7.44. The van der Waals surface area contributed by atoms with E-state index in [1.165, 1.54) is 10.7 Å². The predicted octanol–water partition coefficient (Wildman–Crippen LogP) is 3.83. The number of rotatable bonds is 3. The van der Waals surface area contributed by atoms with Gasteiger partial charge in [0.25, 0.3) is 0 Å². The molecular weight excluding hydrogens is 340 g/mol. The first kappa shape index (κ1) is 15.3. The molecule has 4 aromatic rings. The molecule has 2 heterocycles. The second-order valence-electron chi connectivity index (χ2n) is 5.37. The van der Waals surface area contributed by atoms with Crippen molar-refractivity contribution >= 4 is 28.6 Å². The number of carbonyl (C=O) groups is 1. The lowest BCUT2D eigenvalue weighted by atomic mass is 10.1. The molecule has 0 aliphatic rings. The molecule has 0 radical (unpaired) electrons. The molecule has 0 bridgehead atoms. The highest BCUT2D eigenvalue weighted by molar-refractivity contribution is 6.31. The number of hydrogen-bond acceptors (Lipinski definition) is 4. The summed E-state index contributed by atoms with van der Waals surface area (Å²) in [5.74, 6) is -0.876. The second-order valence-corrected chi connectivity index (χ2v) is 5.81. The van der Waals surface area contributed by atoms with Gasteiger partial charge in [0.2, 0.25) is 0 Å². The number of aromatic nitrogens is 4. The summed E-state index contributed by atoms with van der Waals surface area (Å²) >= 11 is 5.97. The van der Waals surface area contributed by atoms with E-state index in [-0.39, 0.29) is 11.4 Å². The fourth-order valence-electron chi connectivity index (χ4n) is 2.60. The van der Waals surface area contributed by atoms with Crippen LogP contribution in [0.25, 0.3) is 28.1 Å². The van der Waals surface area contributed by atoms with Crippen molar-refractivity contribution < 1.29 is 9.90 Å². The Morgan fingerprint density at radius 1 is 1.04 bits per heavy atom. The van der Waals surface area contributed by atoms with Crippen LogP contribution in [0, 0.1) is 0 Å². The van der Waals surface area contributed by atoms with Gasteiger partial charge in [0.15, 0.2) is 5.82 Å². The van der Waals surface area contributed by atoms with Crippen LogP contribution < -0.4 is 0 Å². The van der Waals surface area contributed by atoms with Gasteiger partial charge in [0.1, 0.15) is 11.1 Å². The van der Waals surface area contributed by atoms with Crippen LogP contribution in [-0.4, -0.2) is 31.1 Å². The molecule has 0 aliphatic carbocycles. The Kier molecular flexibility index (Phi) is 3.66. The second kappa shape index (κ2) is 5.99. The van der Waals surface area contributed by atoms with Gasteiger partial charge in [-0.2, -0.15) is 4.68 Å². The highest BCUT2D eigenvalue weighted by Crippen LogP contribution is 2.24. The number of nitrogens with zero attached hydrogens (tertiary/aromatic N) is 4. The third-order valence-corrected chi connectivity index (χ3v) is 4.02. The summed E-state index contributed by atoms with van der Waals surface area (Å²) in [4.78, 5) is 16.2.